The predicted molar refractivity (Wildman–Crippen MR) is 68.3 cm³/mol. The van der Waals surface area contributed by atoms with E-state index in [2.05, 4.69) is 47.0 Å². The molecule has 1 N–H and O–H groups in total. The molecule has 0 radical (unpaired) electrons. The molecule has 1 aromatic heterocycles. The number of hydrogen-bond donors (Lipinski definition) is 1. The lowest BCUT2D eigenvalue weighted by Gasteiger charge is -2.17. The number of hydrogen-bond acceptors (Lipinski definition) is 2. The van der Waals surface area contributed by atoms with Gasteiger partial charge in [-0.1, -0.05) is 20.8 Å². The SMILES string of the molecule is CC(C)(C)CCNC(=O)c1ncccc1Br. The lowest BCUT2D eigenvalue weighted by Crippen LogP contribution is -2.28. The molecule has 0 saturated carbocycles. The minimum absolute atomic E-state index is 0.128. The number of halogens is 1. The number of amides is 1. The summed E-state index contributed by atoms with van der Waals surface area (Å²) in [5.74, 6) is -0.128. The van der Waals surface area contributed by atoms with Crippen LogP contribution < -0.4 is 5.32 Å². The zero-order valence-electron chi connectivity index (χ0n) is 9.88. The minimum atomic E-state index is -0.128. The molecule has 0 bridgehead atoms. The highest BCUT2D eigenvalue weighted by Crippen LogP contribution is 2.17. The molecule has 0 saturated heterocycles. The Hall–Kier alpha value is -0.900. The van der Waals surface area contributed by atoms with Gasteiger partial charge in [-0.3, -0.25) is 4.79 Å². The second-order valence-corrected chi connectivity index (χ2v) is 5.75. The van der Waals surface area contributed by atoms with Gasteiger partial charge in [0.25, 0.3) is 5.91 Å². The standard InChI is InChI=1S/C12H17BrN2O/c1-12(2,3)6-8-15-11(16)10-9(13)5-4-7-14-10/h4-5,7H,6,8H2,1-3H3,(H,15,16). The Kier molecular flexibility index (Phi) is 4.47. The van der Waals surface area contributed by atoms with E-state index >= 15 is 0 Å². The third-order valence-corrected chi connectivity index (χ3v) is 2.77. The van der Waals surface area contributed by atoms with Crippen LogP contribution in [-0.4, -0.2) is 17.4 Å². The normalized spacial score (nSPS) is 11.2. The Morgan fingerprint density at radius 2 is 2.19 bits per heavy atom. The average Bonchev–Trinajstić information content (AvgIpc) is 2.16. The Morgan fingerprint density at radius 1 is 1.50 bits per heavy atom. The molecule has 0 aromatic carbocycles. The lowest BCUT2D eigenvalue weighted by molar-refractivity contribution is 0.0943. The van der Waals surface area contributed by atoms with E-state index < -0.39 is 0 Å². The van der Waals surface area contributed by atoms with E-state index in [0.717, 1.165) is 10.9 Å². The molecule has 16 heavy (non-hydrogen) atoms. The van der Waals surface area contributed by atoms with Crippen molar-refractivity contribution < 1.29 is 4.79 Å². The van der Waals surface area contributed by atoms with Gasteiger partial charge >= 0.3 is 0 Å². The molecule has 0 aliphatic heterocycles. The molecule has 0 unspecified atom stereocenters. The van der Waals surface area contributed by atoms with Crippen LogP contribution in [0.15, 0.2) is 22.8 Å². The van der Waals surface area contributed by atoms with Crippen LogP contribution in [0, 0.1) is 5.41 Å². The quantitative estimate of drug-likeness (QED) is 0.927. The van der Waals surface area contributed by atoms with E-state index in [1.54, 1.807) is 12.3 Å². The van der Waals surface area contributed by atoms with Gasteiger partial charge in [-0.05, 0) is 39.9 Å². The summed E-state index contributed by atoms with van der Waals surface area (Å²) in [7, 11) is 0. The summed E-state index contributed by atoms with van der Waals surface area (Å²) in [6, 6.07) is 3.60. The summed E-state index contributed by atoms with van der Waals surface area (Å²) in [5, 5.41) is 2.86. The van der Waals surface area contributed by atoms with Crippen LogP contribution in [0.3, 0.4) is 0 Å². The summed E-state index contributed by atoms with van der Waals surface area (Å²) >= 11 is 3.30. The van der Waals surface area contributed by atoms with Gasteiger partial charge < -0.3 is 5.32 Å². The first kappa shape index (κ1) is 13.2. The van der Waals surface area contributed by atoms with Crippen molar-refractivity contribution in [3.05, 3.63) is 28.5 Å². The Morgan fingerprint density at radius 3 is 2.75 bits per heavy atom. The molecule has 0 aliphatic rings. The number of aromatic nitrogens is 1. The van der Waals surface area contributed by atoms with Crippen molar-refractivity contribution in [1.82, 2.24) is 10.3 Å². The minimum Gasteiger partial charge on any atom is -0.351 e. The van der Waals surface area contributed by atoms with Crippen LogP contribution in [0.5, 0.6) is 0 Å². The number of nitrogens with one attached hydrogen (secondary N) is 1. The third-order valence-electron chi connectivity index (χ3n) is 2.13. The van der Waals surface area contributed by atoms with Crippen LogP contribution in [-0.2, 0) is 0 Å². The predicted octanol–water partition coefficient (Wildman–Crippen LogP) is 3.01. The first-order valence-electron chi connectivity index (χ1n) is 5.29. The summed E-state index contributed by atoms with van der Waals surface area (Å²) in [4.78, 5) is 15.8. The third kappa shape index (κ3) is 4.31. The molecule has 4 heteroatoms. The van der Waals surface area contributed by atoms with Crippen molar-refractivity contribution in [2.24, 2.45) is 5.41 Å². The molecule has 1 amide bonds. The number of nitrogens with zero attached hydrogens (tertiary/aromatic N) is 1. The highest BCUT2D eigenvalue weighted by molar-refractivity contribution is 9.10. The molecule has 0 atom stereocenters. The molecule has 0 aliphatic carbocycles. The maximum Gasteiger partial charge on any atom is 0.271 e. The summed E-state index contributed by atoms with van der Waals surface area (Å²) in [6.07, 6.45) is 2.56. The fourth-order valence-electron chi connectivity index (χ4n) is 1.19. The monoisotopic (exact) mass is 284 g/mol. The van der Waals surface area contributed by atoms with E-state index in [1.165, 1.54) is 0 Å². The Labute approximate surface area is 105 Å². The van der Waals surface area contributed by atoms with Gasteiger partial charge in [0, 0.05) is 17.2 Å². The maximum atomic E-state index is 11.7. The number of rotatable bonds is 3. The maximum absolute atomic E-state index is 11.7. The lowest BCUT2D eigenvalue weighted by atomic mass is 9.92. The van der Waals surface area contributed by atoms with Crippen LogP contribution in [0.25, 0.3) is 0 Å². The van der Waals surface area contributed by atoms with Crippen LogP contribution in [0.2, 0.25) is 0 Å². The molecule has 3 nitrogen and oxygen atoms in total. The number of carbonyl (C=O) groups excluding carboxylic acids is 1. The molecule has 1 aromatic rings. The van der Waals surface area contributed by atoms with Crippen molar-refractivity contribution in [1.29, 1.82) is 0 Å². The van der Waals surface area contributed by atoms with Gasteiger partial charge in [-0.15, -0.1) is 0 Å². The highest BCUT2D eigenvalue weighted by Gasteiger charge is 2.13. The van der Waals surface area contributed by atoms with E-state index in [4.69, 9.17) is 0 Å². The summed E-state index contributed by atoms with van der Waals surface area (Å²) < 4.78 is 0.725. The smallest absolute Gasteiger partial charge is 0.271 e. The van der Waals surface area contributed by atoms with Gasteiger partial charge in [0.1, 0.15) is 5.69 Å². The molecule has 1 rings (SSSR count). The van der Waals surface area contributed by atoms with E-state index in [-0.39, 0.29) is 11.3 Å². The van der Waals surface area contributed by atoms with Crippen molar-refractivity contribution in [2.45, 2.75) is 27.2 Å². The molecular formula is C12H17BrN2O. The van der Waals surface area contributed by atoms with Gasteiger partial charge in [0.2, 0.25) is 0 Å². The molecule has 88 valence electrons. The van der Waals surface area contributed by atoms with Crippen molar-refractivity contribution in [2.75, 3.05) is 6.54 Å². The fraction of sp³-hybridized carbons (Fsp3) is 0.500. The number of carbonyl (C=O) groups is 1. The van der Waals surface area contributed by atoms with Gasteiger partial charge in [-0.25, -0.2) is 4.98 Å². The van der Waals surface area contributed by atoms with Crippen LogP contribution in [0.1, 0.15) is 37.7 Å². The second-order valence-electron chi connectivity index (χ2n) is 4.90. The van der Waals surface area contributed by atoms with Crippen molar-refractivity contribution in [3.8, 4) is 0 Å². The fourth-order valence-corrected chi connectivity index (χ4v) is 1.62. The van der Waals surface area contributed by atoms with E-state index in [9.17, 15) is 4.79 Å². The zero-order valence-corrected chi connectivity index (χ0v) is 11.5. The summed E-state index contributed by atoms with van der Waals surface area (Å²) in [6.45, 7) is 7.12. The van der Waals surface area contributed by atoms with Crippen molar-refractivity contribution in [3.63, 3.8) is 0 Å². The largest absolute Gasteiger partial charge is 0.351 e. The Bertz CT molecular complexity index is 372. The first-order valence-corrected chi connectivity index (χ1v) is 6.08. The summed E-state index contributed by atoms with van der Waals surface area (Å²) in [5.41, 5.74) is 0.672. The molecular weight excluding hydrogens is 268 g/mol. The zero-order chi connectivity index (χ0) is 12.2. The van der Waals surface area contributed by atoms with Crippen molar-refractivity contribution >= 4 is 21.8 Å². The average molecular weight is 285 g/mol. The van der Waals surface area contributed by atoms with Gasteiger partial charge in [0.05, 0.1) is 0 Å². The first-order chi connectivity index (χ1) is 7.40. The number of pyridine rings is 1. The second kappa shape index (κ2) is 5.43. The highest BCUT2D eigenvalue weighted by atomic mass is 79.9. The van der Waals surface area contributed by atoms with Gasteiger partial charge in [0.15, 0.2) is 0 Å². The van der Waals surface area contributed by atoms with Crippen LogP contribution in [0.4, 0.5) is 0 Å². The van der Waals surface area contributed by atoms with E-state index in [1.807, 2.05) is 6.07 Å². The molecule has 1 heterocycles. The molecule has 0 spiro atoms. The Balaban J connectivity index is 2.51. The topological polar surface area (TPSA) is 42.0 Å². The van der Waals surface area contributed by atoms with E-state index in [0.29, 0.717) is 12.2 Å². The molecule has 0 fully saturated rings. The van der Waals surface area contributed by atoms with Gasteiger partial charge in [-0.2, -0.15) is 0 Å². The van der Waals surface area contributed by atoms with Crippen LogP contribution >= 0.6 is 15.9 Å².